The molecule has 5 nitrogen and oxygen atoms in total. The van der Waals surface area contributed by atoms with Crippen LogP contribution in [0, 0.1) is 5.82 Å². The van der Waals surface area contributed by atoms with E-state index in [1.165, 1.54) is 28.9 Å². The van der Waals surface area contributed by atoms with Crippen molar-refractivity contribution in [1.82, 2.24) is 15.0 Å². The zero-order chi connectivity index (χ0) is 15.1. The van der Waals surface area contributed by atoms with E-state index in [-0.39, 0.29) is 10.6 Å². The van der Waals surface area contributed by atoms with Crippen molar-refractivity contribution >= 4 is 44.5 Å². The van der Waals surface area contributed by atoms with Crippen LogP contribution in [-0.2, 0) is 0 Å². The van der Waals surface area contributed by atoms with E-state index in [0.29, 0.717) is 21.2 Å². The number of carboxylic acids is 1. The van der Waals surface area contributed by atoms with Crippen LogP contribution in [0.25, 0.3) is 16.7 Å². The Balaban J connectivity index is 2.25. The number of nitrogens with zero attached hydrogens (tertiary/aromatic N) is 3. The van der Waals surface area contributed by atoms with Gasteiger partial charge in [0.25, 0.3) is 0 Å². The molecule has 0 saturated carbocycles. The second-order valence-electron chi connectivity index (χ2n) is 4.23. The summed E-state index contributed by atoms with van der Waals surface area (Å²) in [7, 11) is 0. The molecule has 2 aromatic carbocycles. The Bertz CT molecular complexity index is 858. The average molecular weight is 371 g/mol. The quantitative estimate of drug-likeness (QED) is 0.747. The molecule has 0 spiro atoms. The number of halogens is 3. The Morgan fingerprint density at radius 2 is 2.10 bits per heavy atom. The highest BCUT2D eigenvalue weighted by Gasteiger charge is 2.15. The van der Waals surface area contributed by atoms with Crippen molar-refractivity contribution in [3.05, 3.63) is 51.2 Å². The van der Waals surface area contributed by atoms with E-state index in [9.17, 15) is 9.18 Å². The molecule has 0 aliphatic rings. The Morgan fingerprint density at radius 3 is 2.76 bits per heavy atom. The fourth-order valence-electron chi connectivity index (χ4n) is 1.96. The van der Waals surface area contributed by atoms with Crippen LogP contribution < -0.4 is 0 Å². The minimum absolute atomic E-state index is 0.110. The molecule has 0 fully saturated rings. The van der Waals surface area contributed by atoms with E-state index in [4.69, 9.17) is 16.7 Å². The third kappa shape index (κ3) is 2.38. The third-order valence-electron chi connectivity index (χ3n) is 2.89. The molecule has 0 aliphatic carbocycles. The molecule has 3 rings (SSSR count). The second kappa shape index (κ2) is 5.09. The molecule has 1 heterocycles. The molecule has 0 aliphatic heterocycles. The SMILES string of the molecule is O=C(O)c1ccc2c(c1)nnn2-c1c(Cl)cc(F)cc1Br. The van der Waals surface area contributed by atoms with Crippen LogP contribution in [0.4, 0.5) is 4.39 Å². The van der Waals surface area contributed by atoms with Crippen molar-refractivity contribution in [2.75, 3.05) is 0 Å². The number of carboxylic acid groups (broad SMARTS) is 1. The standard InChI is InChI=1S/C13H6BrClFN3O2/c14-8-4-7(16)5-9(15)12(8)19-11-2-1-6(13(20)21)3-10(11)17-18-19/h1-5H,(H,20,21). The number of aromatic carboxylic acids is 1. The third-order valence-corrected chi connectivity index (χ3v) is 3.78. The van der Waals surface area contributed by atoms with Crippen LogP contribution in [-0.4, -0.2) is 26.1 Å². The van der Waals surface area contributed by atoms with E-state index in [2.05, 4.69) is 26.2 Å². The largest absolute Gasteiger partial charge is 0.478 e. The van der Waals surface area contributed by atoms with Gasteiger partial charge in [-0.3, -0.25) is 0 Å². The highest BCUT2D eigenvalue weighted by Crippen LogP contribution is 2.31. The van der Waals surface area contributed by atoms with Crippen molar-refractivity contribution in [2.24, 2.45) is 0 Å². The van der Waals surface area contributed by atoms with E-state index in [0.717, 1.165) is 0 Å². The van der Waals surface area contributed by atoms with Crippen LogP contribution in [0.15, 0.2) is 34.8 Å². The first-order chi connectivity index (χ1) is 9.97. The van der Waals surface area contributed by atoms with Crippen molar-refractivity contribution in [3.8, 4) is 5.69 Å². The van der Waals surface area contributed by atoms with Crippen molar-refractivity contribution in [2.45, 2.75) is 0 Å². The second-order valence-corrected chi connectivity index (χ2v) is 5.49. The van der Waals surface area contributed by atoms with Crippen LogP contribution in [0.5, 0.6) is 0 Å². The molecular weight excluding hydrogens is 365 g/mol. The number of fused-ring (bicyclic) bond motifs is 1. The number of benzene rings is 2. The molecule has 0 saturated heterocycles. The maximum atomic E-state index is 13.3. The molecule has 1 aromatic heterocycles. The monoisotopic (exact) mass is 369 g/mol. The van der Waals surface area contributed by atoms with Gasteiger partial charge in [0, 0.05) is 4.47 Å². The molecule has 0 radical (unpaired) electrons. The summed E-state index contributed by atoms with van der Waals surface area (Å²) < 4.78 is 15.1. The summed E-state index contributed by atoms with van der Waals surface area (Å²) in [6.07, 6.45) is 0. The van der Waals surface area contributed by atoms with Crippen LogP contribution in [0.1, 0.15) is 10.4 Å². The Morgan fingerprint density at radius 1 is 1.33 bits per heavy atom. The van der Waals surface area contributed by atoms with Gasteiger partial charge >= 0.3 is 5.97 Å². The highest BCUT2D eigenvalue weighted by atomic mass is 79.9. The van der Waals surface area contributed by atoms with Gasteiger partial charge < -0.3 is 5.11 Å². The summed E-state index contributed by atoms with van der Waals surface area (Å²) in [5.74, 6) is -1.53. The molecule has 8 heteroatoms. The summed E-state index contributed by atoms with van der Waals surface area (Å²) in [6, 6.07) is 6.86. The van der Waals surface area contributed by atoms with Gasteiger partial charge in [-0.15, -0.1) is 5.10 Å². The Hall–Kier alpha value is -1.99. The lowest BCUT2D eigenvalue weighted by Crippen LogP contribution is -2.00. The van der Waals surface area contributed by atoms with Crippen molar-refractivity contribution < 1.29 is 14.3 Å². The lowest BCUT2D eigenvalue weighted by Gasteiger charge is -2.08. The molecule has 0 bridgehead atoms. The van der Waals surface area contributed by atoms with E-state index >= 15 is 0 Å². The molecule has 21 heavy (non-hydrogen) atoms. The smallest absolute Gasteiger partial charge is 0.335 e. The first-order valence-corrected chi connectivity index (χ1v) is 6.88. The highest BCUT2D eigenvalue weighted by molar-refractivity contribution is 9.10. The number of rotatable bonds is 2. The number of hydrogen-bond acceptors (Lipinski definition) is 3. The number of aromatic nitrogens is 3. The minimum atomic E-state index is -1.05. The van der Waals surface area contributed by atoms with Gasteiger partial charge in [0.05, 0.1) is 16.1 Å². The van der Waals surface area contributed by atoms with E-state index in [1.54, 1.807) is 6.07 Å². The first-order valence-electron chi connectivity index (χ1n) is 5.71. The lowest BCUT2D eigenvalue weighted by atomic mass is 10.2. The topological polar surface area (TPSA) is 68.0 Å². The minimum Gasteiger partial charge on any atom is -0.478 e. The molecule has 3 aromatic rings. The molecule has 0 amide bonds. The van der Waals surface area contributed by atoms with Crippen LogP contribution in [0.3, 0.4) is 0 Å². The molecule has 0 unspecified atom stereocenters. The average Bonchev–Trinajstić information content (AvgIpc) is 2.80. The molecule has 0 atom stereocenters. The Labute approximate surface area is 131 Å². The predicted octanol–water partition coefficient (Wildman–Crippen LogP) is 3.67. The molecule has 106 valence electrons. The van der Waals surface area contributed by atoms with Gasteiger partial charge in [0.1, 0.15) is 17.0 Å². The summed E-state index contributed by atoms with van der Waals surface area (Å²) in [4.78, 5) is 10.9. The van der Waals surface area contributed by atoms with Gasteiger partial charge in [0.15, 0.2) is 0 Å². The van der Waals surface area contributed by atoms with Crippen molar-refractivity contribution in [3.63, 3.8) is 0 Å². The fourth-order valence-corrected chi connectivity index (χ4v) is 2.96. The molecule has 1 N–H and O–H groups in total. The van der Waals surface area contributed by atoms with E-state index < -0.39 is 11.8 Å². The zero-order valence-electron chi connectivity index (χ0n) is 10.2. The Kier molecular flexibility index (Phi) is 3.38. The van der Waals surface area contributed by atoms with Crippen LogP contribution >= 0.6 is 27.5 Å². The van der Waals surface area contributed by atoms with Gasteiger partial charge in [-0.25, -0.2) is 13.9 Å². The van der Waals surface area contributed by atoms with Gasteiger partial charge in [-0.05, 0) is 46.3 Å². The number of hydrogen-bond donors (Lipinski definition) is 1. The summed E-state index contributed by atoms with van der Waals surface area (Å²) in [5.41, 5.74) is 1.51. The maximum absolute atomic E-state index is 13.3. The normalized spacial score (nSPS) is 11.0. The van der Waals surface area contributed by atoms with Crippen LogP contribution in [0.2, 0.25) is 5.02 Å². The van der Waals surface area contributed by atoms with Gasteiger partial charge in [0.2, 0.25) is 0 Å². The first kappa shape index (κ1) is 14.0. The summed E-state index contributed by atoms with van der Waals surface area (Å²) >= 11 is 9.29. The van der Waals surface area contributed by atoms with E-state index in [1.807, 2.05) is 0 Å². The predicted molar refractivity (Wildman–Crippen MR) is 78.5 cm³/mol. The molecular formula is C13H6BrClFN3O2. The van der Waals surface area contributed by atoms with Crippen molar-refractivity contribution in [1.29, 1.82) is 0 Å². The number of carbonyl (C=O) groups is 1. The lowest BCUT2D eigenvalue weighted by molar-refractivity contribution is 0.0697. The zero-order valence-corrected chi connectivity index (χ0v) is 12.6. The van der Waals surface area contributed by atoms with Gasteiger partial charge in [-0.2, -0.15) is 0 Å². The summed E-state index contributed by atoms with van der Waals surface area (Å²) in [5, 5.41) is 17.0. The van der Waals surface area contributed by atoms with Gasteiger partial charge in [-0.1, -0.05) is 16.8 Å². The fraction of sp³-hybridized carbons (Fsp3) is 0. The maximum Gasteiger partial charge on any atom is 0.335 e. The summed E-state index contributed by atoms with van der Waals surface area (Å²) in [6.45, 7) is 0.